The molecule has 0 N–H and O–H groups in total. The van der Waals surface area contributed by atoms with Gasteiger partial charge in [-0.05, 0) is 37.5 Å². The van der Waals surface area contributed by atoms with E-state index in [1.807, 2.05) is 0 Å². The monoisotopic (exact) mass is 247 g/mol. The molecule has 0 aromatic carbocycles. The van der Waals surface area contributed by atoms with Crippen LogP contribution >= 0.6 is 0 Å². The topological polar surface area (TPSA) is 3.24 Å². The molecule has 0 radical (unpaired) electrons. The van der Waals surface area contributed by atoms with E-state index in [0.29, 0.717) is 0 Å². The van der Waals surface area contributed by atoms with Crippen LogP contribution in [0, 0.1) is 17.8 Å². The smallest absolute Gasteiger partial charge is 0.00955 e. The average Bonchev–Trinajstić information content (AvgIpc) is 2.42. The average molecular weight is 247 g/mol. The number of rotatable bonds is 4. The third-order valence-corrected chi connectivity index (χ3v) is 5.03. The van der Waals surface area contributed by atoms with Crippen molar-refractivity contribution in [1.82, 2.24) is 4.90 Å². The number of nitrogens with zero attached hydrogens (tertiary/aromatic N) is 1. The fraction of sp³-hybridized carbons (Fsp3) is 0.765. The Morgan fingerprint density at radius 1 is 1.17 bits per heavy atom. The van der Waals surface area contributed by atoms with E-state index in [9.17, 15) is 0 Å². The van der Waals surface area contributed by atoms with Crippen molar-refractivity contribution in [1.29, 1.82) is 0 Å². The van der Waals surface area contributed by atoms with Crippen LogP contribution in [0.4, 0.5) is 0 Å². The van der Waals surface area contributed by atoms with Crippen LogP contribution in [-0.2, 0) is 0 Å². The molecule has 0 spiro atoms. The van der Waals surface area contributed by atoms with Crippen molar-refractivity contribution in [2.24, 2.45) is 17.8 Å². The van der Waals surface area contributed by atoms with Gasteiger partial charge in [-0.3, -0.25) is 4.90 Å². The third-order valence-electron chi connectivity index (χ3n) is 5.03. The Labute approximate surface area is 113 Å². The highest BCUT2D eigenvalue weighted by Crippen LogP contribution is 2.32. The van der Waals surface area contributed by atoms with Crippen LogP contribution < -0.4 is 0 Å². The van der Waals surface area contributed by atoms with Crippen LogP contribution in [-0.4, -0.2) is 24.0 Å². The highest BCUT2D eigenvalue weighted by atomic mass is 15.2. The third kappa shape index (κ3) is 3.26. The molecule has 1 nitrogen and oxygen atoms in total. The second kappa shape index (κ2) is 6.56. The van der Waals surface area contributed by atoms with Gasteiger partial charge in [-0.1, -0.05) is 51.0 Å². The summed E-state index contributed by atoms with van der Waals surface area (Å²) >= 11 is 0. The summed E-state index contributed by atoms with van der Waals surface area (Å²) in [7, 11) is 0. The zero-order valence-corrected chi connectivity index (χ0v) is 12.3. The first-order chi connectivity index (χ1) is 8.74. The summed E-state index contributed by atoms with van der Waals surface area (Å²) in [6.45, 7) is 9.75. The highest BCUT2D eigenvalue weighted by Gasteiger charge is 2.32. The molecule has 1 fully saturated rings. The molecule has 0 aromatic rings. The lowest BCUT2D eigenvalue weighted by atomic mass is 9.80. The molecule has 18 heavy (non-hydrogen) atoms. The molecule has 1 aliphatic carbocycles. The summed E-state index contributed by atoms with van der Waals surface area (Å²) < 4.78 is 0. The van der Waals surface area contributed by atoms with Crippen molar-refractivity contribution in [3.8, 4) is 0 Å². The predicted molar refractivity (Wildman–Crippen MR) is 79.6 cm³/mol. The van der Waals surface area contributed by atoms with E-state index in [0.717, 1.165) is 23.8 Å². The lowest BCUT2D eigenvalue weighted by molar-refractivity contribution is 0.0536. The van der Waals surface area contributed by atoms with E-state index < -0.39 is 0 Å². The second-order valence-corrected chi connectivity index (χ2v) is 6.18. The molecule has 1 saturated heterocycles. The molecule has 4 atom stereocenters. The van der Waals surface area contributed by atoms with Crippen molar-refractivity contribution < 1.29 is 0 Å². The van der Waals surface area contributed by atoms with E-state index in [-0.39, 0.29) is 0 Å². The Bertz CT molecular complexity index is 305. The maximum atomic E-state index is 2.76. The molecular formula is C17H29N. The van der Waals surface area contributed by atoms with Crippen LogP contribution in [0.2, 0.25) is 0 Å². The first-order valence-electron chi connectivity index (χ1n) is 7.81. The van der Waals surface area contributed by atoms with Crippen molar-refractivity contribution in [3.63, 3.8) is 0 Å². The zero-order valence-electron chi connectivity index (χ0n) is 12.3. The number of hydrogen-bond acceptors (Lipinski definition) is 1. The lowest BCUT2D eigenvalue weighted by Crippen LogP contribution is -2.48. The molecule has 4 unspecified atom stereocenters. The Kier molecular flexibility index (Phi) is 5.05. The summed E-state index contributed by atoms with van der Waals surface area (Å²) in [6.07, 6.45) is 14.5. The van der Waals surface area contributed by atoms with E-state index in [2.05, 4.69) is 50.0 Å². The summed E-state index contributed by atoms with van der Waals surface area (Å²) in [5.41, 5.74) is 0. The van der Waals surface area contributed by atoms with Crippen LogP contribution in [0.3, 0.4) is 0 Å². The van der Waals surface area contributed by atoms with E-state index in [1.165, 1.54) is 38.8 Å². The van der Waals surface area contributed by atoms with Crippen LogP contribution in [0.15, 0.2) is 24.3 Å². The van der Waals surface area contributed by atoms with Gasteiger partial charge in [0.1, 0.15) is 0 Å². The lowest BCUT2D eigenvalue weighted by Gasteiger charge is -2.44. The van der Waals surface area contributed by atoms with Gasteiger partial charge in [-0.2, -0.15) is 0 Å². The molecule has 1 heterocycles. The zero-order chi connectivity index (χ0) is 13.0. The molecule has 0 bridgehead atoms. The van der Waals surface area contributed by atoms with E-state index >= 15 is 0 Å². The Hall–Kier alpha value is -0.560. The molecule has 0 amide bonds. The fourth-order valence-electron chi connectivity index (χ4n) is 3.61. The SMILES string of the molecule is CCC1CC(CC)C(C)N(CC2C=CC=CC2)C1. The van der Waals surface area contributed by atoms with Gasteiger partial charge in [0.05, 0.1) is 0 Å². The molecular weight excluding hydrogens is 218 g/mol. The first-order valence-corrected chi connectivity index (χ1v) is 7.81. The summed E-state index contributed by atoms with van der Waals surface area (Å²) in [6, 6.07) is 0.775. The quantitative estimate of drug-likeness (QED) is 0.717. The van der Waals surface area contributed by atoms with Crippen molar-refractivity contribution in [2.75, 3.05) is 13.1 Å². The largest absolute Gasteiger partial charge is 0.300 e. The molecule has 102 valence electrons. The number of allylic oxidation sites excluding steroid dienone is 3. The standard InChI is InChI=1S/C17H29N/c1-4-15-11-17(5-2)14(3)18(12-15)13-16-9-7-6-8-10-16/h6-9,14-17H,4-5,10-13H2,1-3H3. The number of piperidine rings is 1. The van der Waals surface area contributed by atoms with Gasteiger partial charge in [0.25, 0.3) is 0 Å². The molecule has 2 rings (SSSR count). The Balaban J connectivity index is 1.96. The van der Waals surface area contributed by atoms with E-state index in [4.69, 9.17) is 0 Å². The van der Waals surface area contributed by atoms with Gasteiger partial charge in [0, 0.05) is 19.1 Å². The fourth-order valence-corrected chi connectivity index (χ4v) is 3.61. The van der Waals surface area contributed by atoms with Gasteiger partial charge in [-0.15, -0.1) is 0 Å². The second-order valence-electron chi connectivity index (χ2n) is 6.18. The van der Waals surface area contributed by atoms with Gasteiger partial charge >= 0.3 is 0 Å². The van der Waals surface area contributed by atoms with E-state index in [1.54, 1.807) is 0 Å². The molecule has 0 aromatic heterocycles. The number of hydrogen-bond donors (Lipinski definition) is 0. The van der Waals surface area contributed by atoms with Crippen LogP contribution in [0.5, 0.6) is 0 Å². The first kappa shape index (κ1) is 13.9. The van der Waals surface area contributed by atoms with Crippen molar-refractivity contribution in [3.05, 3.63) is 24.3 Å². The number of likely N-dealkylation sites (tertiary alicyclic amines) is 1. The minimum Gasteiger partial charge on any atom is -0.300 e. The van der Waals surface area contributed by atoms with Crippen molar-refractivity contribution >= 4 is 0 Å². The molecule has 1 aliphatic heterocycles. The van der Waals surface area contributed by atoms with Gasteiger partial charge < -0.3 is 0 Å². The maximum Gasteiger partial charge on any atom is 0.00955 e. The summed E-state index contributed by atoms with van der Waals surface area (Å²) in [5, 5.41) is 0. The summed E-state index contributed by atoms with van der Waals surface area (Å²) in [5.74, 6) is 2.58. The normalized spacial score (nSPS) is 37.1. The molecule has 0 saturated carbocycles. The predicted octanol–water partition coefficient (Wildman–Crippen LogP) is 4.27. The van der Waals surface area contributed by atoms with Crippen LogP contribution in [0.1, 0.15) is 46.5 Å². The minimum absolute atomic E-state index is 0.741. The van der Waals surface area contributed by atoms with Crippen LogP contribution in [0.25, 0.3) is 0 Å². The van der Waals surface area contributed by atoms with Gasteiger partial charge in [0.15, 0.2) is 0 Å². The summed E-state index contributed by atoms with van der Waals surface area (Å²) in [4.78, 5) is 2.76. The van der Waals surface area contributed by atoms with Crippen molar-refractivity contribution in [2.45, 2.75) is 52.5 Å². The van der Waals surface area contributed by atoms with Gasteiger partial charge in [0.2, 0.25) is 0 Å². The molecule has 2 aliphatic rings. The Morgan fingerprint density at radius 2 is 2.00 bits per heavy atom. The molecule has 1 heteroatoms. The minimum atomic E-state index is 0.741. The maximum absolute atomic E-state index is 2.76. The van der Waals surface area contributed by atoms with Gasteiger partial charge in [-0.25, -0.2) is 0 Å². The highest BCUT2D eigenvalue weighted by molar-refractivity contribution is 5.11. The Morgan fingerprint density at radius 3 is 2.61 bits per heavy atom.